The van der Waals surface area contributed by atoms with E-state index in [0.717, 1.165) is 0 Å². The van der Waals surface area contributed by atoms with E-state index in [9.17, 15) is 9.90 Å². The highest BCUT2D eigenvalue weighted by atomic mass is 16.4. The molecule has 0 aliphatic heterocycles. The molecule has 0 aliphatic carbocycles. The van der Waals surface area contributed by atoms with Crippen molar-refractivity contribution in [1.82, 2.24) is 0 Å². The number of aliphatic hydroxyl groups is 2. The van der Waals surface area contributed by atoms with Gasteiger partial charge in [0.05, 0.1) is 18.1 Å². The minimum atomic E-state index is -1.05. The van der Waals surface area contributed by atoms with Gasteiger partial charge in [-0.15, -0.1) is 0 Å². The summed E-state index contributed by atoms with van der Waals surface area (Å²) in [7, 11) is 0. The van der Waals surface area contributed by atoms with E-state index in [1.165, 1.54) is 13.8 Å². The van der Waals surface area contributed by atoms with Gasteiger partial charge in [-0.2, -0.15) is 0 Å². The molecule has 4 heteroatoms. The molecule has 0 rings (SSSR count). The lowest BCUT2D eigenvalue weighted by Crippen LogP contribution is -2.36. The molecule has 0 unspecified atom stereocenters. The highest BCUT2D eigenvalue weighted by Crippen LogP contribution is 2.16. The molecule has 0 bridgehead atoms. The van der Waals surface area contributed by atoms with E-state index >= 15 is 0 Å². The van der Waals surface area contributed by atoms with E-state index < -0.39 is 30.0 Å². The molecular weight excluding hydrogens is 160 g/mol. The van der Waals surface area contributed by atoms with Gasteiger partial charge in [0.25, 0.3) is 0 Å². The first-order valence-electron chi connectivity index (χ1n) is 3.96. The zero-order valence-electron chi connectivity index (χ0n) is 7.56. The zero-order valence-corrected chi connectivity index (χ0v) is 7.56. The summed E-state index contributed by atoms with van der Waals surface area (Å²) in [5, 5.41) is 27.0. The summed E-state index contributed by atoms with van der Waals surface area (Å²) < 4.78 is 0. The topological polar surface area (TPSA) is 77.8 Å². The third kappa shape index (κ3) is 2.79. The fraction of sp³-hybridized carbons (Fsp3) is 0.875. The number of carbonyl (C=O) groups is 1. The van der Waals surface area contributed by atoms with Crippen LogP contribution in [0, 0.1) is 11.8 Å². The molecule has 3 N–H and O–H groups in total. The van der Waals surface area contributed by atoms with Crippen LogP contribution < -0.4 is 0 Å². The van der Waals surface area contributed by atoms with E-state index in [4.69, 9.17) is 10.2 Å². The molecule has 0 aromatic heterocycles. The molecule has 0 spiro atoms. The molecule has 0 fully saturated rings. The lowest BCUT2D eigenvalue weighted by Gasteiger charge is -2.24. The SMILES string of the molecule is C[C@H]([C@H](O)[C@H](C)C(=O)O)[C@@H](C)O. The number of carboxylic acids is 1. The molecule has 0 aromatic carbocycles. The number of hydrogen-bond acceptors (Lipinski definition) is 3. The summed E-state index contributed by atoms with van der Waals surface area (Å²) >= 11 is 0. The number of carboxylic acid groups (broad SMARTS) is 1. The molecule has 4 atom stereocenters. The Balaban J connectivity index is 4.18. The van der Waals surface area contributed by atoms with Crippen molar-refractivity contribution in [3.05, 3.63) is 0 Å². The summed E-state index contributed by atoms with van der Waals surface area (Å²) in [6.45, 7) is 4.57. The maximum atomic E-state index is 10.4. The maximum absolute atomic E-state index is 10.4. The van der Waals surface area contributed by atoms with Crippen LogP contribution in [0.5, 0.6) is 0 Å². The summed E-state index contributed by atoms with van der Waals surface area (Å²) in [6, 6.07) is 0. The predicted octanol–water partition coefficient (Wildman–Crippen LogP) is 0.0849. The minimum Gasteiger partial charge on any atom is -0.481 e. The molecular formula is C8H16O4. The molecule has 0 heterocycles. The second-order valence-electron chi connectivity index (χ2n) is 3.22. The summed E-state index contributed by atoms with van der Waals surface area (Å²) in [5.74, 6) is -2.30. The Morgan fingerprint density at radius 3 is 1.83 bits per heavy atom. The minimum absolute atomic E-state index is 0.420. The first-order chi connectivity index (χ1) is 5.37. The zero-order chi connectivity index (χ0) is 9.89. The van der Waals surface area contributed by atoms with Gasteiger partial charge < -0.3 is 15.3 Å². The van der Waals surface area contributed by atoms with Crippen LogP contribution in [0.2, 0.25) is 0 Å². The lowest BCUT2D eigenvalue weighted by atomic mass is 9.90. The van der Waals surface area contributed by atoms with Gasteiger partial charge in [-0.3, -0.25) is 4.79 Å². The second-order valence-corrected chi connectivity index (χ2v) is 3.22. The Labute approximate surface area is 71.8 Å². The van der Waals surface area contributed by atoms with Crippen LogP contribution in [0.1, 0.15) is 20.8 Å². The maximum Gasteiger partial charge on any atom is 0.308 e. The first kappa shape index (κ1) is 11.4. The van der Waals surface area contributed by atoms with Gasteiger partial charge in [-0.1, -0.05) is 6.92 Å². The lowest BCUT2D eigenvalue weighted by molar-refractivity contribution is -0.147. The Morgan fingerprint density at radius 1 is 1.17 bits per heavy atom. The van der Waals surface area contributed by atoms with Crippen molar-refractivity contribution in [2.75, 3.05) is 0 Å². The van der Waals surface area contributed by atoms with Crippen molar-refractivity contribution in [3.8, 4) is 0 Å². The highest BCUT2D eigenvalue weighted by Gasteiger charge is 2.28. The van der Waals surface area contributed by atoms with Crippen LogP contribution in [-0.4, -0.2) is 33.5 Å². The van der Waals surface area contributed by atoms with Gasteiger partial charge in [0, 0.05) is 5.92 Å². The molecule has 72 valence electrons. The predicted molar refractivity (Wildman–Crippen MR) is 43.7 cm³/mol. The van der Waals surface area contributed by atoms with Crippen LogP contribution >= 0.6 is 0 Å². The van der Waals surface area contributed by atoms with Crippen LogP contribution in [0.4, 0.5) is 0 Å². The average molecular weight is 176 g/mol. The molecule has 4 nitrogen and oxygen atoms in total. The van der Waals surface area contributed by atoms with Crippen LogP contribution in [0.25, 0.3) is 0 Å². The van der Waals surface area contributed by atoms with Crippen molar-refractivity contribution in [2.24, 2.45) is 11.8 Å². The number of rotatable bonds is 4. The molecule has 0 amide bonds. The van der Waals surface area contributed by atoms with Crippen molar-refractivity contribution in [1.29, 1.82) is 0 Å². The molecule has 0 radical (unpaired) electrons. The third-order valence-electron chi connectivity index (χ3n) is 2.20. The van der Waals surface area contributed by atoms with Gasteiger partial charge in [0.2, 0.25) is 0 Å². The fourth-order valence-corrected chi connectivity index (χ4v) is 0.887. The Hall–Kier alpha value is -0.610. The van der Waals surface area contributed by atoms with Gasteiger partial charge in [-0.25, -0.2) is 0 Å². The molecule has 0 saturated carbocycles. The average Bonchev–Trinajstić information content (AvgIpc) is 2.00. The van der Waals surface area contributed by atoms with Gasteiger partial charge in [0.15, 0.2) is 0 Å². The van der Waals surface area contributed by atoms with E-state index in [0.29, 0.717) is 0 Å². The largest absolute Gasteiger partial charge is 0.481 e. The Bertz CT molecular complexity index is 155. The Kier molecular flexibility index (Phi) is 4.20. The van der Waals surface area contributed by atoms with Crippen molar-refractivity contribution in [2.45, 2.75) is 33.0 Å². The molecule has 12 heavy (non-hydrogen) atoms. The molecule has 0 aliphatic rings. The van der Waals surface area contributed by atoms with Gasteiger partial charge in [-0.05, 0) is 13.8 Å². The van der Waals surface area contributed by atoms with Crippen molar-refractivity contribution in [3.63, 3.8) is 0 Å². The van der Waals surface area contributed by atoms with Crippen LogP contribution in [-0.2, 0) is 4.79 Å². The summed E-state index contributed by atoms with van der Waals surface area (Å²) in [6.07, 6.45) is -1.69. The van der Waals surface area contributed by atoms with E-state index in [2.05, 4.69) is 0 Å². The molecule has 0 aromatic rings. The first-order valence-corrected chi connectivity index (χ1v) is 3.96. The Morgan fingerprint density at radius 2 is 1.58 bits per heavy atom. The standard InChI is InChI=1S/C8H16O4/c1-4(6(3)9)7(10)5(2)8(11)12/h4-7,9-10H,1-3H3,(H,11,12)/t4-,5-,6+,7-/m0/s1. The third-order valence-corrected chi connectivity index (χ3v) is 2.20. The molecule has 0 saturated heterocycles. The number of aliphatic hydroxyl groups excluding tert-OH is 2. The van der Waals surface area contributed by atoms with E-state index in [1.807, 2.05) is 0 Å². The van der Waals surface area contributed by atoms with Crippen molar-refractivity contribution < 1.29 is 20.1 Å². The van der Waals surface area contributed by atoms with Crippen LogP contribution in [0.15, 0.2) is 0 Å². The van der Waals surface area contributed by atoms with Gasteiger partial charge >= 0.3 is 5.97 Å². The fourth-order valence-electron chi connectivity index (χ4n) is 0.887. The van der Waals surface area contributed by atoms with Crippen molar-refractivity contribution >= 4 is 5.97 Å². The number of hydrogen-bond donors (Lipinski definition) is 3. The normalized spacial score (nSPS) is 21.1. The van der Waals surface area contributed by atoms with E-state index in [-0.39, 0.29) is 0 Å². The quantitative estimate of drug-likeness (QED) is 0.567. The van der Waals surface area contributed by atoms with Gasteiger partial charge in [0.1, 0.15) is 0 Å². The van der Waals surface area contributed by atoms with Crippen LogP contribution in [0.3, 0.4) is 0 Å². The van der Waals surface area contributed by atoms with E-state index in [1.54, 1.807) is 6.92 Å². The summed E-state index contributed by atoms with van der Waals surface area (Å²) in [4.78, 5) is 10.4. The monoisotopic (exact) mass is 176 g/mol. The smallest absolute Gasteiger partial charge is 0.308 e. The number of aliphatic carboxylic acids is 1. The highest BCUT2D eigenvalue weighted by molar-refractivity contribution is 5.70. The second kappa shape index (κ2) is 4.42. The summed E-state index contributed by atoms with van der Waals surface area (Å²) in [5.41, 5.74) is 0.